The number of aryl methyl sites for hydroxylation is 2. The van der Waals surface area contributed by atoms with E-state index in [0.29, 0.717) is 6.54 Å². The first-order valence-electron chi connectivity index (χ1n) is 5.98. The summed E-state index contributed by atoms with van der Waals surface area (Å²) in [4.78, 5) is 9.07. The maximum absolute atomic E-state index is 5.50. The van der Waals surface area contributed by atoms with Crippen LogP contribution in [0.5, 0.6) is 5.88 Å². The number of nitrogens with two attached hydrogens (primary N) is 1. The number of fused-ring (bicyclic) bond motifs is 1. The molecule has 88 valence electrons. The van der Waals surface area contributed by atoms with Gasteiger partial charge in [0.25, 0.3) is 0 Å². The fourth-order valence-electron chi connectivity index (χ4n) is 2.15. The van der Waals surface area contributed by atoms with E-state index in [9.17, 15) is 0 Å². The first-order chi connectivity index (χ1) is 7.85. The molecule has 0 aliphatic heterocycles. The first kappa shape index (κ1) is 11.3. The van der Waals surface area contributed by atoms with Gasteiger partial charge in [0.05, 0.1) is 12.8 Å². The maximum atomic E-state index is 5.50. The van der Waals surface area contributed by atoms with E-state index in [1.165, 1.54) is 24.1 Å². The highest BCUT2D eigenvalue weighted by Gasteiger charge is 2.17. The van der Waals surface area contributed by atoms with E-state index in [1.54, 1.807) is 7.11 Å². The van der Waals surface area contributed by atoms with E-state index in [2.05, 4.69) is 9.97 Å². The van der Waals surface area contributed by atoms with Crippen molar-refractivity contribution in [1.29, 1.82) is 0 Å². The topological polar surface area (TPSA) is 61.0 Å². The van der Waals surface area contributed by atoms with E-state index in [1.807, 2.05) is 0 Å². The van der Waals surface area contributed by atoms with Crippen LogP contribution in [0.4, 0.5) is 0 Å². The molecule has 0 amide bonds. The summed E-state index contributed by atoms with van der Waals surface area (Å²) in [6.45, 7) is 0.683. The summed E-state index contributed by atoms with van der Waals surface area (Å²) in [6, 6.07) is 0. The van der Waals surface area contributed by atoms with Crippen LogP contribution in [0.2, 0.25) is 0 Å². The fraction of sp³-hybridized carbons (Fsp3) is 0.667. The smallest absolute Gasteiger partial charge is 0.219 e. The van der Waals surface area contributed by atoms with Crippen molar-refractivity contribution in [1.82, 2.24) is 9.97 Å². The van der Waals surface area contributed by atoms with Crippen LogP contribution in [-0.2, 0) is 19.3 Å². The monoisotopic (exact) mass is 221 g/mol. The quantitative estimate of drug-likeness (QED) is 0.831. The fourth-order valence-corrected chi connectivity index (χ4v) is 2.15. The lowest BCUT2D eigenvalue weighted by Crippen LogP contribution is -2.12. The predicted molar refractivity (Wildman–Crippen MR) is 62.6 cm³/mol. The standard InChI is InChI=1S/C12H19N3O/c1-16-12-9-5-2-3-6-10(9)14-11(15-12)7-4-8-13/h2-8,13H2,1H3. The highest BCUT2D eigenvalue weighted by atomic mass is 16.5. The van der Waals surface area contributed by atoms with Gasteiger partial charge in [0.2, 0.25) is 5.88 Å². The van der Waals surface area contributed by atoms with E-state index < -0.39 is 0 Å². The van der Waals surface area contributed by atoms with E-state index in [-0.39, 0.29) is 0 Å². The summed E-state index contributed by atoms with van der Waals surface area (Å²) in [7, 11) is 1.68. The van der Waals surface area contributed by atoms with Crippen molar-refractivity contribution in [2.75, 3.05) is 13.7 Å². The molecule has 2 rings (SSSR count). The SMILES string of the molecule is COc1nc(CCCN)nc2c1CCCC2. The van der Waals surface area contributed by atoms with Gasteiger partial charge in [-0.3, -0.25) is 0 Å². The van der Waals surface area contributed by atoms with Crippen molar-refractivity contribution in [3.05, 3.63) is 17.1 Å². The Kier molecular flexibility index (Phi) is 3.72. The average Bonchev–Trinajstić information content (AvgIpc) is 2.35. The molecule has 2 N–H and O–H groups in total. The van der Waals surface area contributed by atoms with Crippen molar-refractivity contribution in [2.45, 2.75) is 38.5 Å². The Morgan fingerprint density at radius 1 is 1.25 bits per heavy atom. The molecular weight excluding hydrogens is 202 g/mol. The van der Waals surface area contributed by atoms with Crippen LogP contribution in [0.15, 0.2) is 0 Å². The van der Waals surface area contributed by atoms with Gasteiger partial charge < -0.3 is 10.5 Å². The third-order valence-electron chi connectivity index (χ3n) is 2.99. The summed E-state index contributed by atoms with van der Waals surface area (Å²) in [6.07, 6.45) is 6.33. The van der Waals surface area contributed by atoms with Crippen LogP contribution >= 0.6 is 0 Å². The minimum Gasteiger partial charge on any atom is -0.481 e. The number of ether oxygens (including phenoxy) is 1. The third kappa shape index (κ3) is 2.32. The zero-order valence-electron chi connectivity index (χ0n) is 9.83. The Labute approximate surface area is 96.2 Å². The normalized spacial score (nSPS) is 14.6. The van der Waals surface area contributed by atoms with Crippen molar-refractivity contribution >= 4 is 0 Å². The Balaban J connectivity index is 2.28. The molecule has 0 fully saturated rings. The zero-order valence-corrected chi connectivity index (χ0v) is 9.83. The van der Waals surface area contributed by atoms with Gasteiger partial charge in [-0.2, -0.15) is 4.98 Å². The molecule has 0 bridgehead atoms. The molecule has 0 unspecified atom stereocenters. The molecule has 1 aromatic rings. The summed E-state index contributed by atoms with van der Waals surface area (Å²) in [5, 5.41) is 0. The molecule has 0 atom stereocenters. The van der Waals surface area contributed by atoms with Crippen molar-refractivity contribution < 1.29 is 4.74 Å². The third-order valence-corrected chi connectivity index (χ3v) is 2.99. The minimum absolute atomic E-state index is 0.683. The lowest BCUT2D eigenvalue weighted by atomic mass is 9.97. The number of hydrogen-bond donors (Lipinski definition) is 1. The van der Waals surface area contributed by atoms with E-state index >= 15 is 0 Å². The second-order valence-corrected chi connectivity index (χ2v) is 4.17. The lowest BCUT2D eigenvalue weighted by Gasteiger charge is -2.17. The number of aromatic nitrogens is 2. The highest BCUT2D eigenvalue weighted by Crippen LogP contribution is 2.26. The Hall–Kier alpha value is -1.16. The van der Waals surface area contributed by atoms with Gasteiger partial charge in [0.15, 0.2) is 0 Å². The molecule has 0 spiro atoms. The van der Waals surface area contributed by atoms with Crippen molar-refractivity contribution in [2.24, 2.45) is 5.73 Å². The molecular formula is C12H19N3O. The summed E-state index contributed by atoms with van der Waals surface area (Å²) in [5.41, 5.74) is 7.90. The molecule has 4 nitrogen and oxygen atoms in total. The predicted octanol–water partition coefficient (Wildman–Crippen LogP) is 1.26. The first-order valence-corrected chi connectivity index (χ1v) is 5.98. The van der Waals surface area contributed by atoms with Gasteiger partial charge in [0, 0.05) is 12.0 Å². The summed E-state index contributed by atoms with van der Waals surface area (Å²) in [5.74, 6) is 1.65. The molecule has 1 aliphatic rings. The van der Waals surface area contributed by atoms with Gasteiger partial charge in [-0.25, -0.2) is 4.98 Å². The molecule has 1 aliphatic carbocycles. The highest BCUT2D eigenvalue weighted by molar-refractivity contribution is 5.33. The van der Waals surface area contributed by atoms with Crippen LogP contribution in [0.25, 0.3) is 0 Å². The molecule has 0 saturated heterocycles. The Morgan fingerprint density at radius 2 is 2.06 bits per heavy atom. The molecule has 4 heteroatoms. The van der Waals surface area contributed by atoms with Gasteiger partial charge in [-0.05, 0) is 38.6 Å². The molecule has 1 heterocycles. The van der Waals surface area contributed by atoms with Crippen molar-refractivity contribution in [3.8, 4) is 5.88 Å². The Morgan fingerprint density at radius 3 is 2.81 bits per heavy atom. The van der Waals surface area contributed by atoms with Gasteiger partial charge in [0.1, 0.15) is 5.82 Å². The van der Waals surface area contributed by atoms with Gasteiger partial charge in [-0.15, -0.1) is 0 Å². The summed E-state index contributed by atoms with van der Waals surface area (Å²) < 4.78 is 5.35. The molecule has 0 aromatic carbocycles. The number of hydrogen-bond acceptors (Lipinski definition) is 4. The second-order valence-electron chi connectivity index (χ2n) is 4.17. The molecule has 16 heavy (non-hydrogen) atoms. The van der Waals surface area contributed by atoms with Gasteiger partial charge in [-0.1, -0.05) is 0 Å². The van der Waals surface area contributed by atoms with Gasteiger partial charge >= 0.3 is 0 Å². The Bertz CT molecular complexity index is 348. The van der Waals surface area contributed by atoms with E-state index in [4.69, 9.17) is 10.5 Å². The molecule has 0 saturated carbocycles. The van der Waals surface area contributed by atoms with Crippen LogP contribution in [0, 0.1) is 0 Å². The zero-order chi connectivity index (χ0) is 11.4. The average molecular weight is 221 g/mol. The summed E-state index contributed by atoms with van der Waals surface area (Å²) >= 11 is 0. The van der Waals surface area contributed by atoms with Crippen LogP contribution in [-0.4, -0.2) is 23.6 Å². The van der Waals surface area contributed by atoms with Crippen LogP contribution < -0.4 is 10.5 Å². The lowest BCUT2D eigenvalue weighted by molar-refractivity contribution is 0.384. The molecule has 0 radical (unpaired) electrons. The molecule has 1 aromatic heterocycles. The van der Waals surface area contributed by atoms with Crippen molar-refractivity contribution in [3.63, 3.8) is 0 Å². The second kappa shape index (κ2) is 5.25. The maximum Gasteiger partial charge on any atom is 0.219 e. The number of rotatable bonds is 4. The minimum atomic E-state index is 0.683. The van der Waals surface area contributed by atoms with Crippen LogP contribution in [0.3, 0.4) is 0 Å². The largest absolute Gasteiger partial charge is 0.481 e. The van der Waals surface area contributed by atoms with E-state index in [0.717, 1.165) is 37.4 Å². The van der Waals surface area contributed by atoms with Crippen LogP contribution in [0.1, 0.15) is 36.3 Å². The number of nitrogens with zero attached hydrogens (tertiary/aromatic N) is 2. The number of methoxy groups -OCH3 is 1.